The lowest BCUT2D eigenvalue weighted by atomic mass is 10.2. The predicted molar refractivity (Wildman–Crippen MR) is 117 cm³/mol. The van der Waals surface area contributed by atoms with Gasteiger partial charge in [-0.15, -0.1) is 0 Å². The minimum absolute atomic E-state index is 0.0249. The van der Waals surface area contributed by atoms with Gasteiger partial charge in [0.2, 0.25) is 5.91 Å². The van der Waals surface area contributed by atoms with Gasteiger partial charge in [0.25, 0.3) is 0 Å². The summed E-state index contributed by atoms with van der Waals surface area (Å²) in [7, 11) is 0. The van der Waals surface area contributed by atoms with Crippen LogP contribution in [0.2, 0.25) is 5.02 Å². The molecule has 10 heteroatoms. The molecule has 0 aliphatic heterocycles. The SMILES string of the molecule is C=CC(=O)Nc1cccc(Nc2cc(C(F)(F)F)nc(SCc3cccc(Cl)c3)n2)c1. The van der Waals surface area contributed by atoms with Gasteiger partial charge < -0.3 is 10.6 Å². The van der Waals surface area contributed by atoms with Gasteiger partial charge in [0.1, 0.15) is 5.82 Å². The first-order valence-electron chi connectivity index (χ1n) is 8.87. The summed E-state index contributed by atoms with van der Waals surface area (Å²) >= 11 is 7.01. The second kappa shape index (κ2) is 9.84. The molecule has 0 unspecified atom stereocenters. The van der Waals surface area contributed by atoms with Crippen LogP contribution in [0.5, 0.6) is 0 Å². The van der Waals surface area contributed by atoms with E-state index in [1.807, 2.05) is 6.07 Å². The van der Waals surface area contributed by atoms with E-state index in [0.717, 1.165) is 29.5 Å². The number of amides is 1. The van der Waals surface area contributed by atoms with Crippen LogP contribution in [-0.2, 0) is 16.7 Å². The number of hydrogen-bond donors (Lipinski definition) is 2. The summed E-state index contributed by atoms with van der Waals surface area (Å²) in [6, 6.07) is 14.3. The van der Waals surface area contributed by atoms with Crippen LogP contribution >= 0.6 is 23.4 Å². The van der Waals surface area contributed by atoms with Crippen LogP contribution in [0.25, 0.3) is 0 Å². The molecule has 0 spiro atoms. The molecule has 0 aliphatic carbocycles. The molecule has 160 valence electrons. The van der Waals surface area contributed by atoms with Gasteiger partial charge in [-0.25, -0.2) is 9.97 Å². The number of benzene rings is 2. The van der Waals surface area contributed by atoms with E-state index in [4.69, 9.17) is 11.6 Å². The molecule has 0 atom stereocenters. The van der Waals surface area contributed by atoms with Crippen molar-refractivity contribution in [2.75, 3.05) is 10.6 Å². The highest BCUT2D eigenvalue weighted by Gasteiger charge is 2.33. The maximum atomic E-state index is 13.3. The van der Waals surface area contributed by atoms with Gasteiger partial charge in [-0.1, -0.05) is 48.1 Å². The fourth-order valence-electron chi connectivity index (χ4n) is 2.49. The fourth-order valence-corrected chi connectivity index (χ4v) is 3.50. The van der Waals surface area contributed by atoms with Crippen molar-refractivity contribution in [1.29, 1.82) is 0 Å². The Morgan fingerprint density at radius 1 is 1.10 bits per heavy atom. The molecule has 0 fully saturated rings. The Bertz CT molecular complexity index is 1110. The van der Waals surface area contributed by atoms with Crippen molar-refractivity contribution in [3.05, 3.63) is 83.5 Å². The summed E-state index contributed by atoms with van der Waals surface area (Å²) in [5.74, 6) is -0.0777. The zero-order chi connectivity index (χ0) is 22.4. The van der Waals surface area contributed by atoms with Crippen LogP contribution in [-0.4, -0.2) is 15.9 Å². The van der Waals surface area contributed by atoms with E-state index in [9.17, 15) is 18.0 Å². The molecule has 5 nitrogen and oxygen atoms in total. The second-order valence-corrected chi connectivity index (χ2v) is 7.62. The number of nitrogens with one attached hydrogen (secondary N) is 2. The van der Waals surface area contributed by atoms with Crippen molar-refractivity contribution in [1.82, 2.24) is 9.97 Å². The molecule has 0 saturated heterocycles. The average molecular weight is 465 g/mol. The van der Waals surface area contributed by atoms with Gasteiger partial charge in [-0.2, -0.15) is 13.2 Å². The van der Waals surface area contributed by atoms with Crippen molar-refractivity contribution >= 4 is 46.5 Å². The first kappa shape index (κ1) is 22.6. The second-order valence-electron chi connectivity index (χ2n) is 6.24. The molecular formula is C21H16ClF3N4OS. The molecule has 2 N–H and O–H groups in total. The number of carbonyl (C=O) groups is 1. The Morgan fingerprint density at radius 3 is 2.55 bits per heavy atom. The third kappa shape index (κ3) is 6.73. The maximum Gasteiger partial charge on any atom is 0.433 e. The highest BCUT2D eigenvalue weighted by Crippen LogP contribution is 2.32. The predicted octanol–water partition coefficient (Wildman–Crippen LogP) is 6.31. The molecule has 2 aromatic carbocycles. The van der Waals surface area contributed by atoms with E-state index >= 15 is 0 Å². The van der Waals surface area contributed by atoms with Crippen LogP contribution in [0.1, 0.15) is 11.3 Å². The van der Waals surface area contributed by atoms with Crippen molar-refractivity contribution in [2.45, 2.75) is 17.1 Å². The normalized spacial score (nSPS) is 11.1. The van der Waals surface area contributed by atoms with E-state index in [2.05, 4.69) is 27.2 Å². The summed E-state index contributed by atoms with van der Waals surface area (Å²) in [5, 5.41) is 5.92. The molecule has 0 saturated carbocycles. The number of hydrogen-bond acceptors (Lipinski definition) is 5. The van der Waals surface area contributed by atoms with E-state index < -0.39 is 17.8 Å². The number of rotatable bonds is 7. The zero-order valence-corrected chi connectivity index (χ0v) is 17.5. The molecule has 0 radical (unpaired) electrons. The van der Waals surface area contributed by atoms with Crippen molar-refractivity contribution in [2.24, 2.45) is 0 Å². The number of carbonyl (C=O) groups excluding carboxylic acids is 1. The van der Waals surface area contributed by atoms with E-state index in [1.165, 1.54) is 0 Å². The number of halogens is 4. The topological polar surface area (TPSA) is 66.9 Å². The summed E-state index contributed by atoms with van der Waals surface area (Å²) in [6.07, 6.45) is -3.52. The van der Waals surface area contributed by atoms with Gasteiger partial charge in [0, 0.05) is 28.2 Å². The Hall–Kier alpha value is -3.04. The van der Waals surface area contributed by atoms with Crippen molar-refractivity contribution in [3.63, 3.8) is 0 Å². The van der Waals surface area contributed by atoms with E-state index in [-0.39, 0.29) is 11.0 Å². The minimum Gasteiger partial charge on any atom is -0.340 e. The summed E-state index contributed by atoms with van der Waals surface area (Å²) < 4.78 is 40.0. The Kier molecular flexibility index (Phi) is 7.19. The lowest BCUT2D eigenvalue weighted by Gasteiger charge is -2.12. The van der Waals surface area contributed by atoms with Crippen LogP contribution < -0.4 is 10.6 Å². The Morgan fingerprint density at radius 2 is 1.84 bits per heavy atom. The quantitative estimate of drug-likeness (QED) is 0.244. The third-order valence-electron chi connectivity index (χ3n) is 3.84. The minimum atomic E-state index is -4.63. The van der Waals surface area contributed by atoms with Gasteiger partial charge in [-0.3, -0.25) is 4.79 Å². The number of anilines is 3. The van der Waals surface area contributed by atoms with Gasteiger partial charge in [-0.05, 0) is 42.0 Å². The number of thioether (sulfide) groups is 1. The maximum absolute atomic E-state index is 13.3. The van der Waals surface area contributed by atoms with Crippen LogP contribution in [0.4, 0.5) is 30.4 Å². The molecule has 3 rings (SSSR count). The average Bonchev–Trinajstić information content (AvgIpc) is 2.72. The molecule has 0 bridgehead atoms. The summed E-state index contributed by atoms with van der Waals surface area (Å²) in [4.78, 5) is 19.3. The first-order chi connectivity index (χ1) is 14.7. The molecule has 1 amide bonds. The number of nitrogens with zero attached hydrogens (tertiary/aromatic N) is 2. The molecular weight excluding hydrogens is 449 g/mol. The highest BCUT2D eigenvalue weighted by atomic mass is 35.5. The molecule has 31 heavy (non-hydrogen) atoms. The number of aromatic nitrogens is 2. The van der Waals surface area contributed by atoms with Crippen molar-refractivity contribution < 1.29 is 18.0 Å². The van der Waals surface area contributed by atoms with E-state index in [1.54, 1.807) is 42.5 Å². The van der Waals surface area contributed by atoms with Crippen LogP contribution in [0.3, 0.4) is 0 Å². The molecule has 0 aliphatic rings. The van der Waals surface area contributed by atoms with Gasteiger partial charge >= 0.3 is 6.18 Å². The fraction of sp³-hybridized carbons (Fsp3) is 0.0952. The Labute approximate surface area is 185 Å². The van der Waals surface area contributed by atoms with E-state index in [0.29, 0.717) is 22.2 Å². The van der Waals surface area contributed by atoms with Gasteiger partial charge in [0.05, 0.1) is 0 Å². The Balaban J connectivity index is 1.84. The largest absolute Gasteiger partial charge is 0.433 e. The third-order valence-corrected chi connectivity index (χ3v) is 4.99. The summed E-state index contributed by atoms with van der Waals surface area (Å²) in [6.45, 7) is 3.37. The van der Waals surface area contributed by atoms with Crippen LogP contribution in [0.15, 0.2) is 72.4 Å². The molecule has 1 aromatic heterocycles. The molecule has 1 heterocycles. The lowest BCUT2D eigenvalue weighted by molar-refractivity contribution is -0.141. The lowest BCUT2D eigenvalue weighted by Crippen LogP contribution is -2.11. The number of alkyl halides is 3. The highest BCUT2D eigenvalue weighted by molar-refractivity contribution is 7.98. The first-order valence-corrected chi connectivity index (χ1v) is 10.2. The van der Waals surface area contributed by atoms with Crippen molar-refractivity contribution in [3.8, 4) is 0 Å². The smallest absolute Gasteiger partial charge is 0.340 e. The monoisotopic (exact) mass is 464 g/mol. The standard InChI is InChI=1S/C21H16ClF3N4OS/c1-2-19(30)27-16-8-4-7-15(10-16)26-18-11-17(21(23,24)25)28-20(29-18)31-12-13-5-3-6-14(22)9-13/h2-11H,1,12H2,(H,27,30)(H,26,28,29). The molecule has 3 aromatic rings. The zero-order valence-electron chi connectivity index (χ0n) is 15.9. The van der Waals surface area contributed by atoms with Crippen LogP contribution in [0, 0.1) is 0 Å². The van der Waals surface area contributed by atoms with Gasteiger partial charge in [0.15, 0.2) is 10.9 Å². The summed E-state index contributed by atoms with van der Waals surface area (Å²) in [5.41, 5.74) is 0.670.